The molecule has 0 saturated heterocycles. The minimum atomic E-state index is 0.00699. The number of pyridine rings is 2. The summed E-state index contributed by atoms with van der Waals surface area (Å²) in [6.45, 7) is 11.7. The summed E-state index contributed by atoms with van der Waals surface area (Å²) in [6, 6.07) is 38.2. The van der Waals surface area contributed by atoms with Crippen LogP contribution < -0.4 is 14.5 Å². The largest absolute Gasteiger partial charge is 0.439 e. The first-order valence-corrected chi connectivity index (χ1v) is 16.1. The van der Waals surface area contributed by atoms with Gasteiger partial charge >= 0.3 is 0 Å². The first kappa shape index (κ1) is 28.8. The number of fused-ring (bicyclic) bond motifs is 4. The summed E-state index contributed by atoms with van der Waals surface area (Å²) in [7, 11) is 0. The van der Waals surface area contributed by atoms with Gasteiger partial charge in [0.1, 0.15) is 18.2 Å². The van der Waals surface area contributed by atoms with Gasteiger partial charge in [0.25, 0.3) is 0 Å². The van der Waals surface area contributed by atoms with Crippen LogP contribution in [0.3, 0.4) is 0 Å². The van der Waals surface area contributed by atoms with Gasteiger partial charge in [-0.25, -0.2) is 9.97 Å². The molecule has 0 fully saturated rings. The third kappa shape index (κ3) is 4.97. The summed E-state index contributed by atoms with van der Waals surface area (Å²) in [5.41, 5.74) is 10.5. The molecule has 4 heterocycles. The van der Waals surface area contributed by atoms with E-state index in [1.165, 1.54) is 33.5 Å². The molecular weight excluding hydrogens is 578 g/mol. The predicted octanol–water partition coefficient (Wildman–Crippen LogP) is 10.5. The molecule has 8 rings (SSSR count). The number of aromatic nitrogens is 3. The van der Waals surface area contributed by atoms with Crippen LogP contribution in [0, 0.1) is 13.8 Å². The molecule has 1 aliphatic rings. The number of rotatable bonds is 5. The van der Waals surface area contributed by atoms with E-state index in [-0.39, 0.29) is 5.41 Å². The number of hydrogen-bond donors (Lipinski definition) is 0. The molecule has 6 nitrogen and oxygen atoms in total. The van der Waals surface area contributed by atoms with Crippen molar-refractivity contribution >= 4 is 44.6 Å². The lowest BCUT2D eigenvalue weighted by atomic mass is 9.88. The average molecular weight is 616 g/mol. The number of hydrogen-bond acceptors (Lipinski definition) is 5. The monoisotopic (exact) mass is 615 g/mol. The minimum Gasteiger partial charge on any atom is -0.439 e. The van der Waals surface area contributed by atoms with Crippen molar-refractivity contribution in [3.05, 3.63) is 138 Å². The van der Waals surface area contributed by atoms with E-state index in [1.54, 1.807) is 0 Å². The lowest BCUT2D eigenvalue weighted by molar-refractivity contribution is 0.463. The van der Waals surface area contributed by atoms with Gasteiger partial charge < -0.3 is 14.5 Å². The average Bonchev–Trinajstić information content (AvgIpc) is 3.61. The molecule has 7 aromatic rings. The van der Waals surface area contributed by atoms with E-state index in [4.69, 9.17) is 9.72 Å². The molecule has 0 radical (unpaired) electrons. The van der Waals surface area contributed by atoms with Crippen molar-refractivity contribution < 1.29 is 4.74 Å². The Kier molecular flexibility index (Phi) is 6.76. The smallest absolute Gasteiger partial charge is 0.221 e. The van der Waals surface area contributed by atoms with Gasteiger partial charge in [-0.3, -0.25) is 4.57 Å². The van der Waals surface area contributed by atoms with Crippen molar-refractivity contribution in [2.45, 2.75) is 40.0 Å². The molecule has 1 aliphatic heterocycles. The summed E-state index contributed by atoms with van der Waals surface area (Å²) >= 11 is 0. The van der Waals surface area contributed by atoms with Gasteiger partial charge in [-0.15, -0.1) is 0 Å². The highest BCUT2D eigenvalue weighted by Gasteiger charge is 2.29. The van der Waals surface area contributed by atoms with E-state index >= 15 is 0 Å². The van der Waals surface area contributed by atoms with Crippen molar-refractivity contribution in [2.75, 3.05) is 16.5 Å². The first-order valence-electron chi connectivity index (χ1n) is 16.1. The standard InChI is InChI=1S/C41H37N5O/c1-27-11-10-12-28(2)40(27)45-26-44(35-15-8-9-16-36(35)45)30-20-22-43-39(24-30)47-31-17-18-33-32-13-6-7-14-34(32)46(37(33)25-31)38-23-29(19-21-42-38)41(3,4)5/h6-25H,26H2,1-5H3. The Morgan fingerprint density at radius 1 is 0.638 bits per heavy atom. The lowest BCUT2D eigenvalue weighted by Crippen LogP contribution is -2.25. The molecule has 6 heteroatoms. The summed E-state index contributed by atoms with van der Waals surface area (Å²) < 4.78 is 8.74. The first-order chi connectivity index (χ1) is 22.8. The van der Waals surface area contributed by atoms with E-state index < -0.39 is 0 Å². The second kappa shape index (κ2) is 11.0. The number of nitrogens with zero attached hydrogens (tertiary/aromatic N) is 5. The van der Waals surface area contributed by atoms with E-state index in [9.17, 15) is 0 Å². The third-order valence-electron chi connectivity index (χ3n) is 9.19. The zero-order valence-corrected chi connectivity index (χ0v) is 27.4. The molecule has 4 aromatic carbocycles. The van der Waals surface area contributed by atoms with Gasteiger partial charge in [0.05, 0.1) is 22.4 Å². The fourth-order valence-corrected chi connectivity index (χ4v) is 6.87. The van der Waals surface area contributed by atoms with Gasteiger partial charge in [-0.1, -0.05) is 69.3 Å². The molecule has 0 spiro atoms. The Bertz CT molecular complexity index is 2280. The Labute approximate surface area is 275 Å². The second-order valence-corrected chi connectivity index (χ2v) is 13.4. The van der Waals surface area contributed by atoms with Crippen molar-refractivity contribution in [3.63, 3.8) is 0 Å². The predicted molar refractivity (Wildman–Crippen MR) is 193 cm³/mol. The topological polar surface area (TPSA) is 46.4 Å². The molecule has 0 unspecified atom stereocenters. The van der Waals surface area contributed by atoms with Crippen LogP contribution in [0.1, 0.15) is 37.5 Å². The summed E-state index contributed by atoms with van der Waals surface area (Å²) in [5, 5.41) is 2.33. The molecule has 0 aliphatic carbocycles. The second-order valence-electron chi connectivity index (χ2n) is 13.4. The van der Waals surface area contributed by atoms with Crippen LogP contribution in [0.2, 0.25) is 0 Å². The molecule has 47 heavy (non-hydrogen) atoms. The Morgan fingerprint density at radius 3 is 2.13 bits per heavy atom. The lowest BCUT2D eigenvalue weighted by Gasteiger charge is -2.25. The maximum absolute atomic E-state index is 6.50. The quantitative estimate of drug-likeness (QED) is 0.193. The van der Waals surface area contributed by atoms with Crippen LogP contribution in [-0.4, -0.2) is 21.2 Å². The summed E-state index contributed by atoms with van der Waals surface area (Å²) in [6.07, 6.45) is 3.73. The van der Waals surface area contributed by atoms with Crippen molar-refractivity contribution in [2.24, 2.45) is 0 Å². The highest BCUT2D eigenvalue weighted by atomic mass is 16.5. The van der Waals surface area contributed by atoms with Crippen LogP contribution in [0.4, 0.5) is 22.7 Å². The molecule has 0 amide bonds. The Morgan fingerprint density at radius 2 is 1.34 bits per heavy atom. The van der Waals surface area contributed by atoms with Gasteiger partial charge in [0, 0.05) is 46.7 Å². The molecule has 0 N–H and O–H groups in total. The zero-order valence-electron chi connectivity index (χ0n) is 27.4. The molecule has 232 valence electrons. The maximum atomic E-state index is 6.50. The number of ether oxygens (including phenoxy) is 1. The van der Waals surface area contributed by atoms with Crippen molar-refractivity contribution in [1.82, 2.24) is 14.5 Å². The van der Waals surface area contributed by atoms with Crippen molar-refractivity contribution in [3.8, 4) is 17.4 Å². The fourth-order valence-electron chi connectivity index (χ4n) is 6.87. The fraction of sp³-hybridized carbons (Fsp3) is 0.171. The highest BCUT2D eigenvalue weighted by molar-refractivity contribution is 6.09. The molecule has 3 aromatic heterocycles. The van der Waals surface area contributed by atoms with Crippen LogP contribution >= 0.6 is 0 Å². The zero-order chi connectivity index (χ0) is 32.3. The summed E-state index contributed by atoms with van der Waals surface area (Å²) in [5.74, 6) is 2.15. The van der Waals surface area contributed by atoms with E-state index in [0.29, 0.717) is 12.5 Å². The van der Waals surface area contributed by atoms with Gasteiger partial charge in [-0.2, -0.15) is 0 Å². The van der Waals surface area contributed by atoms with Gasteiger partial charge in [0.15, 0.2) is 0 Å². The van der Waals surface area contributed by atoms with Crippen LogP contribution in [0.25, 0.3) is 27.6 Å². The number of benzene rings is 4. The highest BCUT2D eigenvalue weighted by Crippen LogP contribution is 2.46. The van der Waals surface area contributed by atoms with Gasteiger partial charge in [0.2, 0.25) is 5.88 Å². The molecular formula is C41H37N5O. The minimum absolute atomic E-state index is 0.00699. The SMILES string of the molecule is Cc1cccc(C)c1N1CN(c2ccnc(Oc3ccc4c5ccccc5n(-c5cc(C(C)(C)C)ccn5)c4c3)c2)c2ccccc21. The van der Waals surface area contributed by atoms with Crippen LogP contribution in [-0.2, 0) is 5.41 Å². The number of aryl methyl sites for hydroxylation is 2. The number of para-hydroxylation sites is 4. The normalized spacial score (nSPS) is 13.0. The molecule has 0 saturated carbocycles. The maximum Gasteiger partial charge on any atom is 0.221 e. The van der Waals surface area contributed by atoms with Gasteiger partial charge in [-0.05, 0) is 84.5 Å². The Balaban J connectivity index is 1.17. The molecule has 0 atom stereocenters. The van der Waals surface area contributed by atoms with Crippen LogP contribution in [0.5, 0.6) is 11.6 Å². The summed E-state index contributed by atoms with van der Waals surface area (Å²) in [4.78, 5) is 14.2. The third-order valence-corrected chi connectivity index (χ3v) is 9.19. The Hall–Kier alpha value is -5.62. The van der Waals surface area contributed by atoms with Crippen LogP contribution in [0.15, 0.2) is 122 Å². The van der Waals surface area contributed by atoms with E-state index in [2.05, 4.69) is 145 Å². The van der Waals surface area contributed by atoms with Crippen molar-refractivity contribution in [1.29, 1.82) is 0 Å². The molecule has 0 bridgehead atoms. The number of anilines is 4. The van der Waals surface area contributed by atoms with E-state index in [1.807, 2.05) is 30.6 Å². The van der Waals surface area contributed by atoms with E-state index in [0.717, 1.165) is 39.4 Å².